The molecular formula is C19H18O6. The van der Waals surface area contributed by atoms with Gasteiger partial charge in [0.05, 0.1) is 18.6 Å². The van der Waals surface area contributed by atoms with E-state index in [1.54, 1.807) is 6.92 Å². The van der Waals surface area contributed by atoms with E-state index in [-0.39, 0.29) is 12.7 Å². The molecule has 0 aliphatic carbocycles. The van der Waals surface area contributed by atoms with Crippen molar-refractivity contribution in [1.82, 2.24) is 0 Å². The Labute approximate surface area is 144 Å². The van der Waals surface area contributed by atoms with Crippen LogP contribution in [-0.4, -0.2) is 35.5 Å². The van der Waals surface area contributed by atoms with Crippen molar-refractivity contribution < 1.29 is 28.9 Å². The minimum Gasteiger partial charge on any atom is -0.463 e. The zero-order chi connectivity index (χ0) is 17.6. The van der Waals surface area contributed by atoms with Gasteiger partial charge in [-0.1, -0.05) is 36.4 Å². The molecule has 130 valence electrons. The monoisotopic (exact) mass is 342 g/mol. The van der Waals surface area contributed by atoms with E-state index in [9.17, 15) is 14.7 Å². The summed E-state index contributed by atoms with van der Waals surface area (Å²) in [5.74, 6) is -2.76. The van der Waals surface area contributed by atoms with Crippen LogP contribution in [0.15, 0.2) is 42.5 Å². The fourth-order valence-corrected chi connectivity index (χ4v) is 3.58. The molecule has 0 radical (unpaired) electrons. The molecule has 1 N–H and O–H groups in total. The summed E-state index contributed by atoms with van der Waals surface area (Å²) in [6.07, 6.45) is -1.02. The Morgan fingerprint density at radius 2 is 2.04 bits per heavy atom. The van der Waals surface area contributed by atoms with Gasteiger partial charge in [-0.05, 0) is 35.7 Å². The topological polar surface area (TPSA) is 82.1 Å². The fourth-order valence-electron chi connectivity index (χ4n) is 3.58. The third kappa shape index (κ3) is 2.41. The van der Waals surface area contributed by atoms with Crippen LogP contribution >= 0.6 is 0 Å². The molecule has 4 atom stereocenters. The van der Waals surface area contributed by atoms with Crippen LogP contribution in [0.3, 0.4) is 0 Å². The third-order valence-electron chi connectivity index (χ3n) is 4.90. The molecule has 0 bridgehead atoms. The molecule has 0 spiro atoms. The van der Waals surface area contributed by atoms with E-state index in [1.807, 2.05) is 42.5 Å². The van der Waals surface area contributed by atoms with Crippen molar-refractivity contribution in [2.75, 3.05) is 6.61 Å². The van der Waals surface area contributed by atoms with Gasteiger partial charge < -0.3 is 19.3 Å². The average molecular weight is 342 g/mol. The predicted molar refractivity (Wildman–Crippen MR) is 87.3 cm³/mol. The molecular weight excluding hydrogens is 324 g/mol. The van der Waals surface area contributed by atoms with E-state index in [4.69, 9.17) is 14.2 Å². The third-order valence-corrected chi connectivity index (χ3v) is 4.90. The van der Waals surface area contributed by atoms with Gasteiger partial charge in [-0.25, -0.2) is 9.59 Å². The maximum Gasteiger partial charge on any atom is 0.352 e. The predicted octanol–water partition coefficient (Wildman–Crippen LogP) is 2.09. The summed E-state index contributed by atoms with van der Waals surface area (Å²) in [6, 6.07) is 13.9. The van der Waals surface area contributed by atoms with Crippen LogP contribution in [0.5, 0.6) is 0 Å². The first-order valence-corrected chi connectivity index (χ1v) is 8.29. The van der Waals surface area contributed by atoms with E-state index in [0.717, 1.165) is 16.3 Å². The molecule has 6 nitrogen and oxygen atoms in total. The van der Waals surface area contributed by atoms with Gasteiger partial charge >= 0.3 is 11.9 Å². The molecule has 0 amide bonds. The molecule has 2 saturated heterocycles. The lowest BCUT2D eigenvalue weighted by molar-refractivity contribution is -0.180. The average Bonchev–Trinajstić information content (AvgIpc) is 3.14. The van der Waals surface area contributed by atoms with Crippen LogP contribution in [0.1, 0.15) is 25.0 Å². The van der Waals surface area contributed by atoms with Crippen molar-refractivity contribution in [2.24, 2.45) is 5.92 Å². The van der Waals surface area contributed by atoms with Gasteiger partial charge in [0, 0.05) is 0 Å². The van der Waals surface area contributed by atoms with Crippen molar-refractivity contribution in [3.63, 3.8) is 0 Å². The summed E-state index contributed by atoms with van der Waals surface area (Å²) < 4.78 is 15.8. The SMILES string of the molecule is CCOC(=O)[C@@]1(O)C(=O)OC2O[C@@H](c3ccc4ccccc4c3)CC21. The lowest BCUT2D eigenvalue weighted by Crippen LogP contribution is -2.50. The zero-order valence-electron chi connectivity index (χ0n) is 13.7. The summed E-state index contributed by atoms with van der Waals surface area (Å²) in [5.41, 5.74) is -1.39. The molecule has 2 fully saturated rings. The first kappa shape index (κ1) is 16.1. The van der Waals surface area contributed by atoms with E-state index in [0.29, 0.717) is 6.42 Å². The van der Waals surface area contributed by atoms with Gasteiger partial charge in [0.1, 0.15) is 0 Å². The molecule has 2 aliphatic heterocycles. The van der Waals surface area contributed by atoms with Crippen molar-refractivity contribution in [1.29, 1.82) is 0 Å². The maximum atomic E-state index is 12.1. The maximum absolute atomic E-state index is 12.1. The molecule has 2 aromatic rings. The Hall–Kier alpha value is -2.44. The van der Waals surface area contributed by atoms with Gasteiger partial charge in [-0.3, -0.25) is 0 Å². The summed E-state index contributed by atoms with van der Waals surface area (Å²) >= 11 is 0. The number of carbonyl (C=O) groups is 2. The molecule has 2 aromatic carbocycles. The van der Waals surface area contributed by atoms with Crippen molar-refractivity contribution in [3.8, 4) is 0 Å². The minimum absolute atomic E-state index is 0.0702. The quantitative estimate of drug-likeness (QED) is 0.679. The second-order valence-corrected chi connectivity index (χ2v) is 6.33. The first-order valence-electron chi connectivity index (χ1n) is 8.29. The number of hydrogen-bond acceptors (Lipinski definition) is 6. The number of rotatable bonds is 3. The van der Waals surface area contributed by atoms with Crippen molar-refractivity contribution in [3.05, 3.63) is 48.0 Å². The number of fused-ring (bicyclic) bond motifs is 2. The molecule has 4 rings (SSSR count). The van der Waals surface area contributed by atoms with Crippen LogP contribution in [-0.2, 0) is 23.8 Å². The Kier molecular flexibility index (Phi) is 3.74. The van der Waals surface area contributed by atoms with Crippen molar-refractivity contribution >= 4 is 22.7 Å². The molecule has 2 unspecified atom stereocenters. The van der Waals surface area contributed by atoms with Crippen LogP contribution in [0.4, 0.5) is 0 Å². The van der Waals surface area contributed by atoms with Crippen LogP contribution in [0.2, 0.25) is 0 Å². The van der Waals surface area contributed by atoms with Gasteiger partial charge in [0.15, 0.2) is 0 Å². The van der Waals surface area contributed by atoms with E-state index < -0.39 is 29.7 Å². The number of esters is 2. The summed E-state index contributed by atoms with van der Waals surface area (Å²) in [5, 5.41) is 12.8. The minimum atomic E-state index is -2.30. The summed E-state index contributed by atoms with van der Waals surface area (Å²) in [6.45, 7) is 1.68. The number of aliphatic hydroxyl groups is 1. The van der Waals surface area contributed by atoms with Gasteiger partial charge in [-0.2, -0.15) is 0 Å². The molecule has 2 heterocycles. The van der Waals surface area contributed by atoms with Gasteiger partial charge in [0.2, 0.25) is 6.29 Å². The number of hydrogen-bond donors (Lipinski definition) is 1. The molecule has 2 aliphatic rings. The standard InChI is InChI=1S/C19H18O6/c1-2-23-17(20)19(22)14-10-15(24-16(14)25-18(19)21)13-8-7-11-5-3-4-6-12(11)9-13/h3-9,14-16,22H,2,10H2,1H3/t14?,15-,16?,19-/m1/s1. The summed E-state index contributed by atoms with van der Waals surface area (Å²) in [7, 11) is 0. The Morgan fingerprint density at radius 1 is 1.28 bits per heavy atom. The lowest BCUT2D eigenvalue weighted by atomic mass is 9.85. The highest BCUT2D eigenvalue weighted by Gasteiger charge is 2.66. The zero-order valence-corrected chi connectivity index (χ0v) is 13.7. The van der Waals surface area contributed by atoms with Crippen LogP contribution < -0.4 is 0 Å². The first-order chi connectivity index (χ1) is 12.0. The number of carbonyl (C=O) groups excluding carboxylic acids is 2. The normalized spacial score (nSPS) is 31.0. The van der Waals surface area contributed by atoms with Crippen LogP contribution in [0.25, 0.3) is 10.8 Å². The van der Waals surface area contributed by atoms with Crippen LogP contribution in [0, 0.1) is 5.92 Å². The molecule has 0 saturated carbocycles. The molecule has 6 heteroatoms. The second-order valence-electron chi connectivity index (χ2n) is 6.33. The highest BCUT2D eigenvalue weighted by molar-refractivity contribution is 6.05. The van der Waals surface area contributed by atoms with E-state index in [1.165, 1.54) is 0 Å². The highest BCUT2D eigenvalue weighted by Crippen LogP contribution is 2.48. The van der Waals surface area contributed by atoms with Crippen molar-refractivity contribution in [2.45, 2.75) is 31.3 Å². The van der Waals surface area contributed by atoms with E-state index >= 15 is 0 Å². The highest BCUT2D eigenvalue weighted by atomic mass is 16.7. The Bertz CT molecular complexity index is 847. The molecule has 0 aromatic heterocycles. The fraction of sp³-hybridized carbons (Fsp3) is 0.368. The molecule has 25 heavy (non-hydrogen) atoms. The summed E-state index contributed by atoms with van der Waals surface area (Å²) in [4.78, 5) is 24.1. The second kappa shape index (κ2) is 5.82. The number of benzene rings is 2. The largest absolute Gasteiger partial charge is 0.463 e. The number of ether oxygens (including phenoxy) is 3. The Balaban J connectivity index is 1.62. The lowest BCUT2D eigenvalue weighted by Gasteiger charge is -2.21. The smallest absolute Gasteiger partial charge is 0.352 e. The van der Waals surface area contributed by atoms with Gasteiger partial charge in [-0.15, -0.1) is 0 Å². The Morgan fingerprint density at radius 3 is 2.80 bits per heavy atom. The van der Waals surface area contributed by atoms with Gasteiger partial charge in [0.25, 0.3) is 5.60 Å². The van der Waals surface area contributed by atoms with E-state index in [2.05, 4.69) is 0 Å².